The van der Waals surface area contributed by atoms with E-state index in [1.165, 1.54) is 0 Å². The van der Waals surface area contributed by atoms with Crippen LogP contribution in [0.3, 0.4) is 0 Å². The molecule has 12 heavy (non-hydrogen) atoms. The third-order valence-electron chi connectivity index (χ3n) is 2.74. The fourth-order valence-electron chi connectivity index (χ4n) is 1.03. The van der Waals surface area contributed by atoms with Crippen LogP contribution in [0, 0.1) is 22.2 Å². The first-order valence-electron chi connectivity index (χ1n) is 4.39. The van der Waals surface area contributed by atoms with E-state index in [1.807, 2.05) is 6.92 Å². The summed E-state index contributed by atoms with van der Waals surface area (Å²) in [6.07, 6.45) is 1.48. The van der Waals surface area contributed by atoms with Crippen LogP contribution in [0.5, 0.6) is 0 Å². The zero-order valence-electron chi connectivity index (χ0n) is 8.52. The molecule has 0 heterocycles. The quantitative estimate of drug-likeness (QED) is 0.704. The third kappa shape index (κ3) is 2.49. The van der Waals surface area contributed by atoms with Gasteiger partial charge in [-0.15, -0.1) is 0 Å². The molecule has 0 bridgehead atoms. The molecule has 0 aromatic heterocycles. The van der Waals surface area contributed by atoms with Crippen molar-refractivity contribution in [1.82, 2.24) is 0 Å². The summed E-state index contributed by atoms with van der Waals surface area (Å²) in [7, 11) is 0. The molecule has 0 saturated heterocycles. The van der Waals surface area contributed by atoms with E-state index < -0.39 is 0 Å². The smallest absolute Gasteiger partial charge is 0.0692 e. The maximum absolute atomic E-state index is 9.02. The molecule has 0 saturated carbocycles. The van der Waals surface area contributed by atoms with Crippen molar-refractivity contribution in [2.24, 2.45) is 10.8 Å². The Morgan fingerprint density at radius 1 is 1.25 bits per heavy atom. The third-order valence-corrected chi connectivity index (χ3v) is 2.74. The van der Waals surface area contributed by atoms with Crippen molar-refractivity contribution in [3.8, 4) is 6.07 Å². The van der Waals surface area contributed by atoms with Crippen LogP contribution >= 0.6 is 0 Å². The van der Waals surface area contributed by atoms with Gasteiger partial charge in [0.15, 0.2) is 0 Å². The van der Waals surface area contributed by atoms with Crippen LogP contribution in [0.1, 0.15) is 40.5 Å². The van der Waals surface area contributed by atoms with Gasteiger partial charge in [0.2, 0.25) is 0 Å². The highest BCUT2D eigenvalue weighted by Crippen LogP contribution is 2.41. The maximum Gasteiger partial charge on any atom is 0.0692 e. The van der Waals surface area contributed by atoms with Gasteiger partial charge in [-0.1, -0.05) is 20.8 Å². The van der Waals surface area contributed by atoms with Crippen molar-refractivity contribution in [2.75, 3.05) is 6.61 Å². The fourth-order valence-corrected chi connectivity index (χ4v) is 1.03. The van der Waals surface area contributed by atoms with Crippen molar-refractivity contribution in [2.45, 2.75) is 40.5 Å². The molecule has 0 aliphatic heterocycles. The highest BCUT2D eigenvalue weighted by atomic mass is 16.2. The van der Waals surface area contributed by atoms with Crippen molar-refractivity contribution < 1.29 is 5.11 Å². The lowest BCUT2D eigenvalue weighted by Gasteiger charge is -2.35. The molecule has 2 nitrogen and oxygen atoms in total. The van der Waals surface area contributed by atoms with Crippen molar-refractivity contribution >= 4 is 0 Å². The van der Waals surface area contributed by atoms with Gasteiger partial charge in [0.05, 0.1) is 11.5 Å². The first kappa shape index (κ1) is 11.4. The summed E-state index contributed by atoms with van der Waals surface area (Å²) in [5, 5.41) is 17.7. The van der Waals surface area contributed by atoms with Gasteiger partial charge < -0.3 is 5.11 Å². The number of nitrogens with zero attached hydrogens (tertiary/aromatic N) is 1. The summed E-state index contributed by atoms with van der Waals surface area (Å²) in [5.74, 6) is 0. The minimum absolute atomic E-state index is 0.0169. The number of nitriles is 1. The largest absolute Gasteiger partial charge is 0.396 e. The standard InChI is InChI=1S/C10H19NO/c1-9(2,3)10(4,8-11)6-5-7-12/h12H,5-7H2,1-4H3. The lowest BCUT2D eigenvalue weighted by Crippen LogP contribution is -2.31. The molecule has 1 atom stereocenters. The zero-order chi connectivity index (χ0) is 9.83. The zero-order valence-corrected chi connectivity index (χ0v) is 8.52. The van der Waals surface area contributed by atoms with Crippen LogP contribution in [0.25, 0.3) is 0 Å². The molecule has 2 heteroatoms. The van der Waals surface area contributed by atoms with Crippen LogP contribution in [-0.2, 0) is 0 Å². The van der Waals surface area contributed by atoms with E-state index in [9.17, 15) is 0 Å². The predicted molar refractivity (Wildman–Crippen MR) is 49.5 cm³/mol. The Morgan fingerprint density at radius 2 is 1.75 bits per heavy atom. The Kier molecular flexibility index (Phi) is 3.73. The van der Waals surface area contributed by atoms with Crippen molar-refractivity contribution in [1.29, 1.82) is 5.26 Å². The second-order valence-corrected chi connectivity index (χ2v) is 4.52. The molecule has 70 valence electrons. The second-order valence-electron chi connectivity index (χ2n) is 4.52. The molecular formula is C10H19NO. The van der Waals surface area contributed by atoms with Crippen LogP contribution < -0.4 is 0 Å². The number of hydrogen-bond donors (Lipinski definition) is 1. The molecule has 0 amide bonds. The Labute approximate surface area is 75.2 Å². The van der Waals surface area contributed by atoms with Crippen LogP contribution in [-0.4, -0.2) is 11.7 Å². The van der Waals surface area contributed by atoms with Gasteiger partial charge in [0, 0.05) is 6.61 Å². The van der Waals surface area contributed by atoms with Gasteiger partial charge >= 0.3 is 0 Å². The summed E-state index contributed by atoms with van der Waals surface area (Å²) in [6, 6.07) is 2.34. The van der Waals surface area contributed by atoms with Crippen LogP contribution in [0.4, 0.5) is 0 Å². The van der Waals surface area contributed by atoms with Gasteiger partial charge in [-0.2, -0.15) is 5.26 Å². The van der Waals surface area contributed by atoms with E-state index in [4.69, 9.17) is 10.4 Å². The highest BCUT2D eigenvalue weighted by molar-refractivity contribution is 5.02. The van der Waals surface area contributed by atoms with Crippen molar-refractivity contribution in [3.63, 3.8) is 0 Å². The average Bonchev–Trinajstić information content (AvgIpc) is 1.98. The number of aliphatic hydroxyl groups excluding tert-OH is 1. The molecule has 0 fully saturated rings. The normalized spacial score (nSPS) is 16.7. The SMILES string of the molecule is CC(C)(C)C(C)(C#N)CCCO. The van der Waals surface area contributed by atoms with Crippen LogP contribution in [0.15, 0.2) is 0 Å². The number of aliphatic hydroxyl groups is 1. The van der Waals surface area contributed by atoms with E-state index in [0.717, 1.165) is 6.42 Å². The second kappa shape index (κ2) is 3.91. The molecule has 0 aromatic rings. The number of hydrogen-bond acceptors (Lipinski definition) is 2. The van der Waals surface area contributed by atoms with Crippen molar-refractivity contribution in [3.05, 3.63) is 0 Å². The Balaban J connectivity index is 4.38. The predicted octanol–water partition coefficient (Wildman–Crippen LogP) is 2.33. The Hall–Kier alpha value is -0.550. The fraction of sp³-hybridized carbons (Fsp3) is 0.900. The summed E-state index contributed by atoms with van der Waals surface area (Å²) in [4.78, 5) is 0. The summed E-state index contributed by atoms with van der Waals surface area (Å²) >= 11 is 0. The lowest BCUT2D eigenvalue weighted by atomic mass is 9.66. The first-order valence-corrected chi connectivity index (χ1v) is 4.39. The van der Waals surface area contributed by atoms with E-state index in [1.54, 1.807) is 0 Å². The van der Waals surface area contributed by atoms with Gasteiger partial charge in [-0.25, -0.2) is 0 Å². The monoisotopic (exact) mass is 169 g/mol. The molecule has 1 N–H and O–H groups in total. The average molecular weight is 169 g/mol. The Morgan fingerprint density at radius 3 is 2.00 bits per heavy atom. The topological polar surface area (TPSA) is 44.0 Å². The van der Waals surface area contributed by atoms with E-state index in [2.05, 4.69) is 26.8 Å². The minimum atomic E-state index is -0.324. The summed E-state index contributed by atoms with van der Waals surface area (Å²) in [5.41, 5.74) is -0.341. The lowest BCUT2D eigenvalue weighted by molar-refractivity contribution is 0.147. The summed E-state index contributed by atoms with van der Waals surface area (Å²) in [6.45, 7) is 8.32. The molecule has 0 rings (SSSR count). The van der Waals surface area contributed by atoms with Crippen LogP contribution in [0.2, 0.25) is 0 Å². The molecule has 0 aliphatic rings. The molecule has 0 aromatic carbocycles. The van der Waals surface area contributed by atoms with E-state index in [0.29, 0.717) is 6.42 Å². The minimum Gasteiger partial charge on any atom is -0.396 e. The van der Waals surface area contributed by atoms with Gasteiger partial charge in [0.25, 0.3) is 0 Å². The molecule has 1 unspecified atom stereocenters. The van der Waals surface area contributed by atoms with Gasteiger partial charge in [-0.05, 0) is 25.2 Å². The molecule has 0 aliphatic carbocycles. The van der Waals surface area contributed by atoms with E-state index >= 15 is 0 Å². The van der Waals surface area contributed by atoms with E-state index in [-0.39, 0.29) is 17.4 Å². The first-order chi connectivity index (χ1) is 5.37. The summed E-state index contributed by atoms with van der Waals surface area (Å²) < 4.78 is 0. The van der Waals surface area contributed by atoms with Gasteiger partial charge in [0.1, 0.15) is 0 Å². The molecular weight excluding hydrogens is 150 g/mol. The van der Waals surface area contributed by atoms with Gasteiger partial charge in [-0.3, -0.25) is 0 Å². The molecule has 0 radical (unpaired) electrons. The Bertz CT molecular complexity index is 175. The molecule has 0 spiro atoms. The highest BCUT2D eigenvalue weighted by Gasteiger charge is 2.36. The maximum atomic E-state index is 9.02. The number of rotatable bonds is 3.